The molecule has 1 heterocycles. The number of methoxy groups -OCH3 is 2. The van der Waals surface area contributed by atoms with Crippen LogP contribution in [0.5, 0.6) is 5.75 Å². The third-order valence-electron chi connectivity index (χ3n) is 2.15. The number of hydrogen-bond donors (Lipinski definition) is 0. The summed E-state index contributed by atoms with van der Waals surface area (Å²) in [7, 11) is 3.05. The second-order valence-corrected chi connectivity index (χ2v) is 3.63. The van der Waals surface area contributed by atoms with Crippen LogP contribution < -0.4 is 10.3 Å². The van der Waals surface area contributed by atoms with Crippen LogP contribution in [-0.4, -0.2) is 30.4 Å². The molecule has 0 aromatic carbocycles. The summed E-state index contributed by atoms with van der Waals surface area (Å²) in [6, 6.07) is 0. The smallest absolute Gasteiger partial charge is 0.297 e. The molecule has 0 saturated carbocycles. The number of hydrogen-bond acceptors (Lipinski definition) is 4. The van der Waals surface area contributed by atoms with E-state index in [9.17, 15) is 4.79 Å². The summed E-state index contributed by atoms with van der Waals surface area (Å²) in [6.07, 6.45) is 3.17. The van der Waals surface area contributed by atoms with Crippen LogP contribution in [-0.2, 0) is 11.3 Å². The van der Waals surface area contributed by atoms with Crippen molar-refractivity contribution >= 4 is 11.6 Å². The molecule has 0 amide bonds. The monoisotopic (exact) mass is 246 g/mol. The first kappa shape index (κ1) is 13.0. The van der Waals surface area contributed by atoms with E-state index in [1.807, 2.05) is 0 Å². The average molecular weight is 247 g/mol. The minimum absolute atomic E-state index is 0.0934. The van der Waals surface area contributed by atoms with Gasteiger partial charge in [0.15, 0.2) is 5.15 Å². The lowest BCUT2D eigenvalue weighted by molar-refractivity contribution is 0.191. The number of unbranched alkanes of at least 4 members (excludes halogenated alkanes) is 1. The Morgan fingerprint density at radius 2 is 2.19 bits per heavy atom. The Morgan fingerprint density at radius 3 is 2.81 bits per heavy atom. The summed E-state index contributed by atoms with van der Waals surface area (Å²) < 4.78 is 11.3. The van der Waals surface area contributed by atoms with Gasteiger partial charge in [0.25, 0.3) is 5.56 Å². The van der Waals surface area contributed by atoms with Gasteiger partial charge in [-0.05, 0) is 12.8 Å². The van der Waals surface area contributed by atoms with Crippen molar-refractivity contribution in [3.63, 3.8) is 0 Å². The highest BCUT2D eigenvalue weighted by atomic mass is 35.5. The molecule has 0 bridgehead atoms. The first-order valence-electron chi connectivity index (χ1n) is 4.98. The van der Waals surface area contributed by atoms with E-state index in [1.54, 1.807) is 7.11 Å². The van der Waals surface area contributed by atoms with Gasteiger partial charge in [0.1, 0.15) is 0 Å². The first-order valence-corrected chi connectivity index (χ1v) is 5.36. The molecule has 5 nitrogen and oxygen atoms in total. The maximum atomic E-state index is 11.8. The lowest BCUT2D eigenvalue weighted by Crippen LogP contribution is -2.22. The van der Waals surface area contributed by atoms with Gasteiger partial charge in [-0.3, -0.25) is 9.36 Å². The molecule has 0 N–H and O–H groups in total. The van der Waals surface area contributed by atoms with Gasteiger partial charge in [0, 0.05) is 20.3 Å². The fraction of sp³-hybridized carbons (Fsp3) is 0.600. The van der Waals surface area contributed by atoms with Gasteiger partial charge in [0.2, 0.25) is 5.75 Å². The standard InChI is InChI=1S/C10H15ClN2O3/c1-15-6-4-3-5-13-7-12-9(11)8(16-2)10(13)14/h7H,3-6H2,1-2H3. The van der Waals surface area contributed by atoms with E-state index >= 15 is 0 Å². The number of ether oxygens (including phenoxy) is 2. The van der Waals surface area contributed by atoms with Gasteiger partial charge in [-0.2, -0.15) is 0 Å². The van der Waals surface area contributed by atoms with E-state index in [0.29, 0.717) is 13.2 Å². The topological polar surface area (TPSA) is 53.4 Å². The molecule has 0 aliphatic heterocycles. The quantitative estimate of drug-likeness (QED) is 0.561. The fourth-order valence-corrected chi connectivity index (χ4v) is 1.51. The molecule has 0 fully saturated rings. The molecule has 0 aliphatic carbocycles. The highest BCUT2D eigenvalue weighted by Gasteiger charge is 2.09. The molecular formula is C10H15ClN2O3. The first-order chi connectivity index (χ1) is 7.70. The lowest BCUT2D eigenvalue weighted by atomic mass is 10.3. The molecule has 0 atom stereocenters. The molecule has 16 heavy (non-hydrogen) atoms. The van der Waals surface area contributed by atoms with Crippen LogP contribution >= 0.6 is 11.6 Å². The fourth-order valence-electron chi connectivity index (χ4n) is 1.31. The van der Waals surface area contributed by atoms with Gasteiger partial charge >= 0.3 is 0 Å². The van der Waals surface area contributed by atoms with Gasteiger partial charge in [-0.15, -0.1) is 0 Å². The van der Waals surface area contributed by atoms with Crippen LogP contribution in [0.25, 0.3) is 0 Å². The second-order valence-electron chi connectivity index (χ2n) is 3.27. The Balaban J connectivity index is 2.70. The van der Waals surface area contributed by atoms with Crippen molar-refractivity contribution in [2.75, 3.05) is 20.8 Å². The Kier molecular flexibility index (Phi) is 5.28. The Hall–Kier alpha value is -1.07. The summed E-state index contributed by atoms with van der Waals surface area (Å²) in [5.74, 6) is 0.0934. The summed E-state index contributed by atoms with van der Waals surface area (Å²) in [4.78, 5) is 15.6. The molecule has 1 aromatic heterocycles. The second kappa shape index (κ2) is 6.50. The van der Waals surface area contributed by atoms with Crippen molar-refractivity contribution in [2.45, 2.75) is 19.4 Å². The van der Waals surface area contributed by atoms with Crippen LogP contribution in [0.15, 0.2) is 11.1 Å². The van der Waals surface area contributed by atoms with E-state index in [4.69, 9.17) is 21.1 Å². The van der Waals surface area contributed by atoms with Gasteiger partial charge in [0.05, 0.1) is 13.4 Å². The largest absolute Gasteiger partial charge is 0.489 e. The summed E-state index contributed by atoms with van der Waals surface area (Å²) in [5.41, 5.74) is -0.250. The highest BCUT2D eigenvalue weighted by molar-refractivity contribution is 6.30. The van der Waals surface area contributed by atoms with E-state index in [-0.39, 0.29) is 16.5 Å². The molecule has 0 spiro atoms. The number of aryl methyl sites for hydroxylation is 1. The van der Waals surface area contributed by atoms with Crippen LogP contribution in [0.1, 0.15) is 12.8 Å². The molecule has 0 saturated heterocycles. The van der Waals surface area contributed by atoms with Crippen molar-refractivity contribution in [3.8, 4) is 5.75 Å². The highest BCUT2D eigenvalue weighted by Crippen LogP contribution is 2.14. The molecule has 1 aromatic rings. The van der Waals surface area contributed by atoms with Crippen molar-refractivity contribution in [2.24, 2.45) is 0 Å². The molecule has 1 rings (SSSR count). The van der Waals surface area contributed by atoms with Crippen LogP contribution in [0.2, 0.25) is 5.15 Å². The number of halogens is 1. The number of nitrogens with zero attached hydrogens (tertiary/aromatic N) is 2. The molecular weight excluding hydrogens is 232 g/mol. The number of rotatable bonds is 6. The van der Waals surface area contributed by atoms with Gasteiger partial charge in [-0.1, -0.05) is 11.6 Å². The zero-order valence-corrected chi connectivity index (χ0v) is 10.2. The van der Waals surface area contributed by atoms with Crippen molar-refractivity contribution in [1.29, 1.82) is 0 Å². The maximum Gasteiger partial charge on any atom is 0.297 e. The average Bonchev–Trinajstić information content (AvgIpc) is 2.28. The third-order valence-corrected chi connectivity index (χ3v) is 2.42. The van der Waals surface area contributed by atoms with E-state index in [2.05, 4.69) is 4.98 Å². The third kappa shape index (κ3) is 3.21. The van der Waals surface area contributed by atoms with Crippen LogP contribution in [0.4, 0.5) is 0 Å². The maximum absolute atomic E-state index is 11.8. The Morgan fingerprint density at radius 1 is 1.44 bits per heavy atom. The minimum atomic E-state index is -0.250. The predicted molar refractivity (Wildman–Crippen MR) is 61.2 cm³/mol. The zero-order valence-electron chi connectivity index (χ0n) is 9.40. The minimum Gasteiger partial charge on any atom is -0.489 e. The SMILES string of the molecule is COCCCCn1cnc(Cl)c(OC)c1=O. The number of aromatic nitrogens is 2. The zero-order chi connectivity index (χ0) is 12.0. The Bertz CT molecular complexity index is 392. The van der Waals surface area contributed by atoms with E-state index < -0.39 is 0 Å². The summed E-state index contributed by atoms with van der Waals surface area (Å²) in [5, 5.41) is 0.0978. The predicted octanol–water partition coefficient (Wildman–Crippen LogP) is 1.33. The van der Waals surface area contributed by atoms with E-state index in [1.165, 1.54) is 18.0 Å². The van der Waals surface area contributed by atoms with E-state index in [0.717, 1.165) is 12.8 Å². The molecule has 0 aliphatic rings. The normalized spacial score (nSPS) is 10.4. The molecule has 6 heteroatoms. The van der Waals surface area contributed by atoms with Crippen molar-refractivity contribution in [3.05, 3.63) is 21.8 Å². The van der Waals surface area contributed by atoms with Crippen molar-refractivity contribution < 1.29 is 9.47 Å². The lowest BCUT2D eigenvalue weighted by Gasteiger charge is -2.07. The molecule has 0 radical (unpaired) electrons. The summed E-state index contributed by atoms with van der Waals surface area (Å²) >= 11 is 5.72. The Labute approximate surface area is 99.0 Å². The molecule has 0 unspecified atom stereocenters. The molecule has 90 valence electrons. The van der Waals surface area contributed by atoms with Crippen LogP contribution in [0, 0.1) is 0 Å². The summed E-state index contributed by atoms with van der Waals surface area (Å²) in [6.45, 7) is 1.27. The van der Waals surface area contributed by atoms with Gasteiger partial charge in [-0.25, -0.2) is 4.98 Å². The van der Waals surface area contributed by atoms with Gasteiger partial charge < -0.3 is 9.47 Å². The van der Waals surface area contributed by atoms with Crippen LogP contribution in [0.3, 0.4) is 0 Å². The van der Waals surface area contributed by atoms with Crippen molar-refractivity contribution in [1.82, 2.24) is 9.55 Å².